The average molecular weight is 301 g/mol. The van der Waals surface area contributed by atoms with Gasteiger partial charge in [-0.25, -0.2) is 0 Å². The highest BCUT2D eigenvalue weighted by Gasteiger charge is 2.30. The molecule has 23 heavy (non-hydrogen) atoms. The number of hydrogen-bond donors (Lipinski definition) is 0. The summed E-state index contributed by atoms with van der Waals surface area (Å²) in [7, 11) is 0. The molecule has 0 unspecified atom stereocenters. The lowest BCUT2D eigenvalue weighted by Gasteiger charge is -2.42. The van der Waals surface area contributed by atoms with Gasteiger partial charge in [-0.2, -0.15) is 0 Å². The van der Waals surface area contributed by atoms with E-state index in [1.165, 1.54) is 22.5 Å². The van der Waals surface area contributed by atoms with E-state index in [9.17, 15) is 0 Å². The minimum atomic E-state index is -0.158. The monoisotopic (exact) mass is 301 g/mol. The summed E-state index contributed by atoms with van der Waals surface area (Å²) in [5.41, 5.74) is 4.87. The van der Waals surface area contributed by atoms with E-state index in [2.05, 4.69) is 111 Å². The molecular formula is C22H23N. The largest absolute Gasteiger partial charge is 0.332 e. The molecule has 1 nitrogen and oxygen atoms in total. The normalized spacial score (nSPS) is 11.3. The lowest BCUT2D eigenvalue weighted by atomic mass is 9.90. The van der Waals surface area contributed by atoms with E-state index in [1.807, 2.05) is 0 Å². The lowest BCUT2D eigenvalue weighted by molar-refractivity contribution is 0.535. The topological polar surface area (TPSA) is 3.24 Å². The first-order valence-electron chi connectivity index (χ1n) is 8.07. The van der Waals surface area contributed by atoms with Gasteiger partial charge in [0.25, 0.3) is 0 Å². The quantitative estimate of drug-likeness (QED) is 0.565. The van der Waals surface area contributed by atoms with Gasteiger partial charge in [0.1, 0.15) is 0 Å². The molecule has 0 aliphatic heterocycles. The fourth-order valence-electron chi connectivity index (χ4n) is 3.13. The molecule has 3 aromatic rings. The second-order valence-corrected chi connectivity index (χ2v) is 6.38. The summed E-state index contributed by atoms with van der Waals surface area (Å²) in [6.07, 6.45) is 0. The predicted octanol–water partition coefficient (Wildman–Crippen LogP) is 6.07. The van der Waals surface area contributed by atoms with Crippen molar-refractivity contribution < 1.29 is 0 Å². The predicted molar refractivity (Wildman–Crippen MR) is 99.2 cm³/mol. The van der Waals surface area contributed by atoms with Gasteiger partial charge < -0.3 is 4.90 Å². The van der Waals surface area contributed by atoms with Gasteiger partial charge in [0.2, 0.25) is 0 Å². The molecular weight excluding hydrogens is 278 g/mol. The van der Waals surface area contributed by atoms with Gasteiger partial charge in [-0.15, -0.1) is 0 Å². The Kier molecular flexibility index (Phi) is 4.20. The third-order valence-corrected chi connectivity index (χ3v) is 4.41. The highest BCUT2D eigenvalue weighted by molar-refractivity contribution is 5.69. The maximum atomic E-state index is 2.43. The molecule has 3 aromatic carbocycles. The third kappa shape index (κ3) is 3.00. The first kappa shape index (κ1) is 15.4. The van der Waals surface area contributed by atoms with Crippen molar-refractivity contribution >= 4 is 11.4 Å². The molecule has 0 spiro atoms. The van der Waals surface area contributed by atoms with E-state index in [1.54, 1.807) is 0 Å². The molecule has 0 atom stereocenters. The van der Waals surface area contributed by atoms with Crippen molar-refractivity contribution in [1.29, 1.82) is 0 Å². The van der Waals surface area contributed by atoms with Crippen molar-refractivity contribution in [3.63, 3.8) is 0 Å². The van der Waals surface area contributed by atoms with Crippen molar-refractivity contribution in [3.8, 4) is 0 Å². The number of para-hydroxylation sites is 2. The van der Waals surface area contributed by atoms with Crippen molar-refractivity contribution in [2.24, 2.45) is 0 Å². The van der Waals surface area contributed by atoms with E-state index in [4.69, 9.17) is 0 Å². The highest BCUT2D eigenvalue weighted by atomic mass is 15.2. The molecule has 0 bridgehead atoms. The van der Waals surface area contributed by atoms with E-state index < -0.39 is 0 Å². The van der Waals surface area contributed by atoms with Gasteiger partial charge in [-0.1, -0.05) is 66.7 Å². The number of benzene rings is 3. The minimum Gasteiger partial charge on any atom is -0.332 e. The van der Waals surface area contributed by atoms with Crippen LogP contribution in [0.25, 0.3) is 0 Å². The molecule has 0 aliphatic carbocycles. The average Bonchev–Trinajstić information content (AvgIpc) is 2.58. The Hall–Kier alpha value is -2.54. The van der Waals surface area contributed by atoms with Crippen LogP contribution in [0, 0.1) is 6.92 Å². The molecule has 0 fully saturated rings. The van der Waals surface area contributed by atoms with Crippen LogP contribution in [0.4, 0.5) is 11.4 Å². The Labute approximate surface area is 139 Å². The molecule has 0 aliphatic rings. The standard InChI is InChI=1S/C22H23N/c1-18-12-10-11-17-21(18)23(20-15-8-5-9-16-20)22(2,3)19-13-6-4-7-14-19/h4-17H,1-3H3. The number of anilines is 2. The van der Waals surface area contributed by atoms with Crippen LogP contribution in [0.2, 0.25) is 0 Å². The zero-order chi connectivity index (χ0) is 16.3. The van der Waals surface area contributed by atoms with Crippen LogP contribution >= 0.6 is 0 Å². The molecule has 3 rings (SSSR count). The molecule has 0 amide bonds. The van der Waals surface area contributed by atoms with Crippen LogP contribution in [0.5, 0.6) is 0 Å². The number of aryl methyl sites for hydroxylation is 1. The summed E-state index contributed by atoms with van der Waals surface area (Å²) >= 11 is 0. The van der Waals surface area contributed by atoms with Crippen molar-refractivity contribution in [2.45, 2.75) is 26.3 Å². The van der Waals surface area contributed by atoms with Gasteiger partial charge in [0.05, 0.1) is 5.54 Å². The molecule has 0 radical (unpaired) electrons. The summed E-state index contributed by atoms with van der Waals surface area (Å²) in [6.45, 7) is 6.73. The first-order chi connectivity index (χ1) is 11.1. The van der Waals surface area contributed by atoms with Gasteiger partial charge in [0, 0.05) is 11.4 Å². The second kappa shape index (κ2) is 6.29. The SMILES string of the molecule is Cc1ccccc1N(c1ccccc1)C(C)(C)c1ccccc1. The van der Waals surface area contributed by atoms with Crippen molar-refractivity contribution in [1.82, 2.24) is 0 Å². The number of rotatable bonds is 4. The van der Waals surface area contributed by atoms with Crippen LogP contribution < -0.4 is 4.90 Å². The summed E-state index contributed by atoms with van der Waals surface area (Å²) in [5.74, 6) is 0. The van der Waals surface area contributed by atoms with Crippen LogP contribution in [-0.4, -0.2) is 0 Å². The summed E-state index contributed by atoms with van der Waals surface area (Å²) in [5, 5.41) is 0. The van der Waals surface area contributed by atoms with Crippen LogP contribution in [0.15, 0.2) is 84.9 Å². The van der Waals surface area contributed by atoms with Crippen molar-refractivity contribution in [3.05, 3.63) is 96.1 Å². The third-order valence-electron chi connectivity index (χ3n) is 4.41. The fourth-order valence-corrected chi connectivity index (χ4v) is 3.13. The Balaban J connectivity index is 2.19. The Bertz CT molecular complexity index is 760. The minimum absolute atomic E-state index is 0.158. The Morgan fingerprint density at radius 3 is 1.78 bits per heavy atom. The molecule has 116 valence electrons. The Morgan fingerprint density at radius 2 is 1.17 bits per heavy atom. The smallest absolute Gasteiger partial charge is 0.0646 e. The molecule has 1 heteroatoms. The molecule has 0 saturated heterocycles. The van der Waals surface area contributed by atoms with E-state index in [-0.39, 0.29) is 5.54 Å². The summed E-state index contributed by atoms with van der Waals surface area (Å²) < 4.78 is 0. The first-order valence-corrected chi connectivity index (χ1v) is 8.07. The van der Waals surface area contributed by atoms with Crippen molar-refractivity contribution in [2.75, 3.05) is 4.90 Å². The highest BCUT2D eigenvalue weighted by Crippen LogP contribution is 2.40. The van der Waals surface area contributed by atoms with Gasteiger partial charge in [-0.3, -0.25) is 0 Å². The van der Waals surface area contributed by atoms with E-state index in [0.717, 1.165) is 0 Å². The zero-order valence-corrected chi connectivity index (χ0v) is 14.0. The van der Waals surface area contributed by atoms with E-state index in [0.29, 0.717) is 0 Å². The van der Waals surface area contributed by atoms with Gasteiger partial charge in [0.15, 0.2) is 0 Å². The van der Waals surface area contributed by atoms with Crippen LogP contribution in [-0.2, 0) is 5.54 Å². The molecule has 0 aromatic heterocycles. The number of nitrogens with zero attached hydrogens (tertiary/aromatic N) is 1. The van der Waals surface area contributed by atoms with Crippen LogP contribution in [0.1, 0.15) is 25.0 Å². The van der Waals surface area contributed by atoms with Gasteiger partial charge in [-0.05, 0) is 50.1 Å². The fraction of sp³-hybridized carbons (Fsp3) is 0.182. The summed E-state index contributed by atoms with van der Waals surface area (Å²) in [4.78, 5) is 2.43. The second-order valence-electron chi connectivity index (χ2n) is 6.38. The maximum Gasteiger partial charge on any atom is 0.0646 e. The molecule has 0 saturated carbocycles. The molecule has 0 heterocycles. The Morgan fingerprint density at radius 1 is 0.652 bits per heavy atom. The van der Waals surface area contributed by atoms with Gasteiger partial charge >= 0.3 is 0 Å². The zero-order valence-electron chi connectivity index (χ0n) is 14.0. The lowest BCUT2D eigenvalue weighted by Crippen LogP contribution is -2.38. The summed E-state index contributed by atoms with van der Waals surface area (Å²) in [6, 6.07) is 29.9. The molecule has 0 N–H and O–H groups in total. The van der Waals surface area contributed by atoms with E-state index >= 15 is 0 Å². The van der Waals surface area contributed by atoms with Crippen LogP contribution in [0.3, 0.4) is 0 Å². The maximum absolute atomic E-state index is 2.43. The number of hydrogen-bond acceptors (Lipinski definition) is 1.